The van der Waals surface area contributed by atoms with E-state index in [2.05, 4.69) is 9.12 Å². The molecule has 0 saturated heterocycles. The maximum atomic E-state index is 12.0. The van der Waals surface area contributed by atoms with Crippen LogP contribution < -0.4 is 0 Å². The molecule has 1 atom stereocenters. The van der Waals surface area contributed by atoms with Crippen molar-refractivity contribution in [3.05, 3.63) is 0 Å². The molecule has 83 valence electrons. The van der Waals surface area contributed by atoms with Crippen molar-refractivity contribution in [2.45, 2.75) is 39.9 Å². The van der Waals surface area contributed by atoms with Crippen LogP contribution in [0.25, 0.3) is 0 Å². The number of hydrogen-bond donors (Lipinski definition) is 0. The van der Waals surface area contributed by atoms with Gasteiger partial charge >= 0.3 is 14.8 Å². The third kappa shape index (κ3) is 6.97. The highest BCUT2D eigenvalue weighted by molar-refractivity contribution is 7.55. The van der Waals surface area contributed by atoms with E-state index in [1.54, 1.807) is 27.7 Å². The summed E-state index contributed by atoms with van der Waals surface area (Å²) in [7, 11) is 0.541. The van der Waals surface area contributed by atoms with Gasteiger partial charge in [0.1, 0.15) is 6.35 Å². The Morgan fingerprint density at radius 1 is 1.21 bits per heavy atom. The van der Waals surface area contributed by atoms with E-state index in [9.17, 15) is 4.57 Å². The molecule has 0 N–H and O–H groups in total. The van der Waals surface area contributed by atoms with Gasteiger partial charge in [0.05, 0.1) is 12.2 Å². The van der Waals surface area contributed by atoms with Crippen LogP contribution >= 0.6 is 16.7 Å². The van der Waals surface area contributed by atoms with Gasteiger partial charge in [-0.1, -0.05) is 0 Å². The Bertz CT molecular complexity index is 184. The van der Waals surface area contributed by atoms with Crippen molar-refractivity contribution in [2.75, 3.05) is 6.35 Å². The predicted molar refractivity (Wildman–Crippen MR) is 61.5 cm³/mol. The van der Waals surface area contributed by atoms with Gasteiger partial charge in [-0.05, 0) is 27.7 Å². The molecule has 4 nitrogen and oxygen atoms in total. The minimum absolute atomic E-state index is 0.0487. The second kappa shape index (κ2) is 6.97. The van der Waals surface area contributed by atoms with Crippen LogP contribution in [0.5, 0.6) is 0 Å². The number of rotatable bonds is 7. The molecule has 1 unspecified atom stereocenters. The Labute approximate surface area is 89.0 Å². The van der Waals surface area contributed by atoms with Gasteiger partial charge in [0, 0.05) is 0 Å². The van der Waals surface area contributed by atoms with E-state index in [-0.39, 0.29) is 18.6 Å². The third-order valence-corrected chi connectivity index (χ3v) is 3.22. The van der Waals surface area contributed by atoms with Crippen LogP contribution in [0, 0.1) is 0 Å². The molecule has 0 aromatic heterocycles. The lowest BCUT2D eigenvalue weighted by atomic mass is 10.5. The van der Waals surface area contributed by atoms with Crippen LogP contribution in [0.1, 0.15) is 27.7 Å². The summed E-state index contributed by atoms with van der Waals surface area (Å²) >= 11 is 0. The van der Waals surface area contributed by atoms with Gasteiger partial charge in [-0.25, -0.2) is 0 Å². The first kappa shape index (κ1) is 14.6. The van der Waals surface area contributed by atoms with E-state index in [1.807, 2.05) is 0 Å². The molecule has 0 aliphatic heterocycles. The van der Waals surface area contributed by atoms with E-state index in [4.69, 9.17) is 13.7 Å². The number of hydrogen-bond acceptors (Lipinski definition) is 4. The molecular formula is C7H18BO4P2. The zero-order valence-corrected chi connectivity index (χ0v) is 11.1. The molecule has 0 spiro atoms. The quantitative estimate of drug-likeness (QED) is 0.505. The van der Waals surface area contributed by atoms with Crippen molar-refractivity contribution in [3.8, 4) is 0 Å². The normalized spacial score (nSPS) is 12.5. The lowest BCUT2D eigenvalue weighted by Crippen LogP contribution is -2.11. The van der Waals surface area contributed by atoms with E-state index in [1.165, 1.54) is 7.20 Å². The van der Waals surface area contributed by atoms with Crippen LogP contribution in [-0.4, -0.2) is 25.8 Å². The molecule has 0 heterocycles. The maximum absolute atomic E-state index is 12.0. The van der Waals surface area contributed by atoms with Gasteiger partial charge < -0.3 is 13.7 Å². The molecule has 1 radical (unpaired) electrons. The largest absolute Gasteiger partial charge is 0.424 e. The molecule has 0 rings (SSSR count). The highest BCUT2D eigenvalue weighted by atomic mass is 31.2. The predicted octanol–water partition coefficient (Wildman–Crippen LogP) is 2.41. The van der Waals surface area contributed by atoms with Gasteiger partial charge in [0.25, 0.3) is 0 Å². The summed E-state index contributed by atoms with van der Waals surface area (Å²) in [4.78, 5) is 0. The Kier molecular flexibility index (Phi) is 7.28. The molecule has 0 bridgehead atoms. The van der Waals surface area contributed by atoms with Crippen molar-refractivity contribution in [1.29, 1.82) is 0 Å². The smallest absolute Gasteiger partial charge is 0.354 e. The first-order chi connectivity index (χ1) is 6.39. The minimum Gasteiger partial charge on any atom is -0.424 e. The summed E-state index contributed by atoms with van der Waals surface area (Å²) < 4.78 is 27.4. The zero-order valence-electron chi connectivity index (χ0n) is 9.10. The first-order valence-corrected chi connectivity index (χ1v) is 6.90. The van der Waals surface area contributed by atoms with Crippen LogP contribution in [0.2, 0.25) is 0 Å². The summed E-state index contributed by atoms with van der Waals surface area (Å²) in [6.07, 6.45) is -0.340. The van der Waals surface area contributed by atoms with Gasteiger partial charge in [0.15, 0.2) is 0 Å². The maximum Gasteiger partial charge on any atom is 0.354 e. The van der Waals surface area contributed by atoms with E-state index >= 15 is 0 Å². The first-order valence-electron chi connectivity index (χ1n) is 4.50. The van der Waals surface area contributed by atoms with Crippen molar-refractivity contribution in [2.24, 2.45) is 0 Å². The van der Waals surface area contributed by atoms with E-state index < -0.39 is 7.60 Å². The Hall–Kier alpha value is 0.605. The molecule has 0 aliphatic carbocycles. The minimum atomic E-state index is -3.11. The molecule has 0 saturated carbocycles. The molecule has 0 aromatic rings. The Morgan fingerprint density at radius 2 is 1.64 bits per heavy atom. The SMILES string of the molecule is CC(C)OP(=O)(CO[B]P)OC(C)C. The van der Waals surface area contributed by atoms with Crippen LogP contribution in [-0.2, 0) is 18.3 Å². The van der Waals surface area contributed by atoms with E-state index in [0.29, 0.717) is 0 Å². The van der Waals surface area contributed by atoms with Crippen LogP contribution in [0.15, 0.2) is 0 Å². The van der Waals surface area contributed by atoms with Gasteiger partial charge in [-0.3, -0.25) is 4.57 Å². The lowest BCUT2D eigenvalue weighted by Gasteiger charge is -2.22. The second-order valence-corrected chi connectivity index (χ2v) is 5.52. The fourth-order valence-corrected chi connectivity index (χ4v) is 2.85. The zero-order chi connectivity index (χ0) is 11.2. The fraction of sp³-hybridized carbons (Fsp3) is 1.00. The molecule has 0 amide bonds. The molecule has 0 aromatic carbocycles. The standard InChI is InChI=1S/C7H18BO4P2/c1-6(2)11-14(9,5-10-8-13)12-7(3)4/h6-7H,5,13H2,1-4H3. The second-order valence-electron chi connectivity index (χ2n) is 3.35. The average Bonchev–Trinajstić information content (AvgIpc) is 1.97. The highest BCUT2D eigenvalue weighted by Gasteiger charge is 2.27. The molecule has 7 heteroatoms. The van der Waals surface area contributed by atoms with Crippen molar-refractivity contribution < 1.29 is 18.3 Å². The fourth-order valence-electron chi connectivity index (χ4n) is 0.862. The summed E-state index contributed by atoms with van der Waals surface area (Å²) in [5.74, 6) is 0. The molecule has 0 fully saturated rings. The molecule has 0 aliphatic rings. The van der Waals surface area contributed by atoms with Crippen molar-refractivity contribution in [3.63, 3.8) is 0 Å². The Balaban J connectivity index is 4.26. The average molecular weight is 239 g/mol. The van der Waals surface area contributed by atoms with Crippen LogP contribution in [0.4, 0.5) is 0 Å². The molecular weight excluding hydrogens is 221 g/mol. The summed E-state index contributed by atoms with van der Waals surface area (Å²) in [6.45, 7) is 7.23. The molecule has 14 heavy (non-hydrogen) atoms. The summed E-state index contributed by atoms with van der Waals surface area (Å²) in [5, 5.41) is 0. The highest BCUT2D eigenvalue weighted by Crippen LogP contribution is 2.50. The summed E-state index contributed by atoms with van der Waals surface area (Å²) in [5.41, 5.74) is 0. The lowest BCUT2D eigenvalue weighted by molar-refractivity contribution is 0.130. The third-order valence-electron chi connectivity index (χ3n) is 1.07. The van der Waals surface area contributed by atoms with E-state index in [0.717, 1.165) is 0 Å². The van der Waals surface area contributed by atoms with Crippen molar-refractivity contribution >= 4 is 23.9 Å². The monoisotopic (exact) mass is 239 g/mol. The summed E-state index contributed by atoms with van der Waals surface area (Å²) in [6, 6.07) is 0. The topological polar surface area (TPSA) is 44.8 Å². The van der Waals surface area contributed by atoms with Crippen molar-refractivity contribution in [1.82, 2.24) is 0 Å². The van der Waals surface area contributed by atoms with Gasteiger partial charge in [0.2, 0.25) is 0 Å². The van der Waals surface area contributed by atoms with Gasteiger partial charge in [-0.15, -0.1) is 9.12 Å². The van der Waals surface area contributed by atoms with Gasteiger partial charge in [-0.2, -0.15) is 0 Å². The van der Waals surface area contributed by atoms with Crippen LogP contribution in [0.3, 0.4) is 0 Å². The Morgan fingerprint density at radius 3 is 1.93 bits per heavy atom.